The fourth-order valence-electron chi connectivity index (χ4n) is 3.18. The second-order valence-corrected chi connectivity index (χ2v) is 7.62. The largest absolute Gasteiger partial charge is 0.325 e. The van der Waals surface area contributed by atoms with Gasteiger partial charge in [0.25, 0.3) is 5.78 Å². The Morgan fingerprint density at radius 3 is 2.71 bits per heavy atom. The average Bonchev–Trinajstić information content (AvgIpc) is 3.27. The molecule has 1 aliphatic rings. The molecule has 1 aliphatic heterocycles. The fourth-order valence-corrected chi connectivity index (χ4v) is 3.80. The summed E-state index contributed by atoms with van der Waals surface area (Å²) in [5.41, 5.74) is 3.38. The van der Waals surface area contributed by atoms with Crippen molar-refractivity contribution in [1.29, 1.82) is 0 Å². The van der Waals surface area contributed by atoms with E-state index in [0.29, 0.717) is 23.0 Å². The zero-order valence-electron chi connectivity index (χ0n) is 15.7. The molecule has 0 aliphatic carbocycles. The van der Waals surface area contributed by atoms with Crippen LogP contribution in [0.5, 0.6) is 0 Å². The van der Waals surface area contributed by atoms with E-state index in [9.17, 15) is 9.59 Å². The zero-order valence-corrected chi connectivity index (χ0v) is 16.5. The summed E-state index contributed by atoms with van der Waals surface area (Å²) < 4.78 is 1.67. The third-order valence-electron chi connectivity index (χ3n) is 4.47. The Morgan fingerprint density at radius 2 is 2.00 bits per heavy atom. The lowest BCUT2D eigenvalue weighted by atomic mass is 10.2. The standard InChI is InChI=1S/C19H20N6O2S/c1-12-10-13(2)25-18(20-12)22-19(23-25)28-11-16(26)21-14-5-7-15(8-6-14)24-9-3-4-17(24)27/h5-8,10H,3-4,9,11H2,1-2H3,(H,21,26). The normalized spacial score (nSPS) is 14.1. The molecule has 2 aromatic heterocycles. The van der Waals surface area contributed by atoms with Crippen molar-refractivity contribution >= 4 is 40.7 Å². The Bertz CT molecular complexity index is 1050. The number of rotatable bonds is 5. The highest BCUT2D eigenvalue weighted by Crippen LogP contribution is 2.23. The minimum atomic E-state index is -0.144. The number of fused-ring (bicyclic) bond motifs is 1. The molecule has 8 nitrogen and oxygen atoms in total. The van der Waals surface area contributed by atoms with Gasteiger partial charge < -0.3 is 10.2 Å². The molecule has 0 saturated carbocycles. The number of nitrogens with zero attached hydrogens (tertiary/aromatic N) is 5. The molecular formula is C19H20N6O2S. The summed E-state index contributed by atoms with van der Waals surface area (Å²) in [6, 6.07) is 9.26. The number of nitrogens with one attached hydrogen (secondary N) is 1. The molecule has 28 heavy (non-hydrogen) atoms. The van der Waals surface area contributed by atoms with Gasteiger partial charge in [0, 0.05) is 35.7 Å². The summed E-state index contributed by atoms with van der Waals surface area (Å²) in [6.07, 6.45) is 1.49. The Kier molecular flexibility index (Phi) is 4.99. The van der Waals surface area contributed by atoms with E-state index >= 15 is 0 Å². The molecule has 9 heteroatoms. The van der Waals surface area contributed by atoms with Crippen LogP contribution >= 0.6 is 11.8 Å². The van der Waals surface area contributed by atoms with Crippen molar-refractivity contribution in [3.05, 3.63) is 41.7 Å². The van der Waals surface area contributed by atoms with Gasteiger partial charge in [-0.2, -0.15) is 4.98 Å². The molecule has 1 N–H and O–H groups in total. The van der Waals surface area contributed by atoms with E-state index in [1.54, 1.807) is 9.42 Å². The molecule has 0 spiro atoms. The Labute approximate surface area is 166 Å². The highest BCUT2D eigenvalue weighted by molar-refractivity contribution is 7.99. The highest BCUT2D eigenvalue weighted by atomic mass is 32.2. The Morgan fingerprint density at radius 1 is 1.21 bits per heavy atom. The van der Waals surface area contributed by atoms with Crippen LogP contribution < -0.4 is 10.2 Å². The van der Waals surface area contributed by atoms with Crippen LogP contribution in [0.4, 0.5) is 11.4 Å². The van der Waals surface area contributed by atoms with Crippen LogP contribution in [-0.4, -0.2) is 43.7 Å². The second-order valence-electron chi connectivity index (χ2n) is 6.68. The summed E-state index contributed by atoms with van der Waals surface area (Å²) in [6.45, 7) is 4.60. The van der Waals surface area contributed by atoms with E-state index in [1.165, 1.54) is 11.8 Å². The maximum absolute atomic E-state index is 12.2. The summed E-state index contributed by atoms with van der Waals surface area (Å²) in [5, 5.41) is 7.75. The number of carbonyl (C=O) groups excluding carboxylic acids is 2. The van der Waals surface area contributed by atoms with Gasteiger partial charge in [-0.05, 0) is 50.6 Å². The molecule has 0 unspecified atom stereocenters. The fraction of sp³-hybridized carbons (Fsp3) is 0.316. The van der Waals surface area contributed by atoms with Gasteiger partial charge in [0.1, 0.15) is 0 Å². The van der Waals surface area contributed by atoms with E-state index in [1.807, 2.05) is 44.2 Å². The number of hydrogen-bond acceptors (Lipinski definition) is 6. The summed E-state index contributed by atoms with van der Waals surface area (Å²) in [7, 11) is 0. The van der Waals surface area contributed by atoms with E-state index in [0.717, 1.165) is 30.0 Å². The Balaban J connectivity index is 1.35. The first kappa shape index (κ1) is 18.4. The molecule has 1 aromatic carbocycles. The molecule has 0 bridgehead atoms. The van der Waals surface area contributed by atoms with Crippen molar-refractivity contribution in [2.75, 3.05) is 22.5 Å². The molecule has 3 aromatic rings. The lowest BCUT2D eigenvalue weighted by molar-refractivity contribution is -0.117. The molecular weight excluding hydrogens is 376 g/mol. The third kappa shape index (κ3) is 3.84. The number of anilines is 2. The van der Waals surface area contributed by atoms with Crippen LogP contribution in [0, 0.1) is 13.8 Å². The summed E-state index contributed by atoms with van der Waals surface area (Å²) in [4.78, 5) is 34.5. The maximum atomic E-state index is 12.2. The number of hydrogen-bond donors (Lipinski definition) is 1. The van der Waals surface area contributed by atoms with E-state index in [2.05, 4.69) is 20.4 Å². The molecule has 4 rings (SSSR count). The van der Waals surface area contributed by atoms with Gasteiger partial charge >= 0.3 is 0 Å². The van der Waals surface area contributed by atoms with Crippen molar-refractivity contribution in [3.8, 4) is 0 Å². The molecule has 1 saturated heterocycles. The monoisotopic (exact) mass is 396 g/mol. The quantitative estimate of drug-likeness (QED) is 0.667. The van der Waals surface area contributed by atoms with Gasteiger partial charge in [-0.25, -0.2) is 9.50 Å². The van der Waals surface area contributed by atoms with Crippen molar-refractivity contribution < 1.29 is 9.59 Å². The lowest BCUT2D eigenvalue weighted by Crippen LogP contribution is -2.23. The van der Waals surface area contributed by atoms with Crippen molar-refractivity contribution in [1.82, 2.24) is 19.6 Å². The van der Waals surface area contributed by atoms with Gasteiger partial charge in [0.15, 0.2) is 0 Å². The minimum absolute atomic E-state index is 0.144. The third-order valence-corrected chi connectivity index (χ3v) is 5.31. The van der Waals surface area contributed by atoms with Gasteiger partial charge in [-0.15, -0.1) is 5.10 Å². The Hall–Kier alpha value is -2.94. The van der Waals surface area contributed by atoms with Gasteiger partial charge in [0.05, 0.1) is 5.75 Å². The second kappa shape index (κ2) is 7.59. The molecule has 2 amide bonds. The van der Waals surface area contributed by atoms with E-state index in [4.69, 9.17) is 0 Å². The number of carbonyl (C=O) groups is 2. The van der Waals surface area contributed by atoms with Crippen molar-refractivity contribution in [3.63, 3.8) is 0 Å². The van der Waals surface area contributed by atoms with Crippen molar-refractivity contribution in [2.45, 2.75) is 31.8 Å². The van der Waals surface area contributed by atoms with Crippen LogP contribution in [0.15, 0.2) is 35.5 Å². The topological polar surface area (TPSA) is 92.5 Å². The number of benzene rings is 1. The van der Waals surface area contributed by atoms with Crippen LogP contribution in [0.3, 0.4) is 0 Å². The summed E-state index contributed by atoms with van der Waals surface area (Å²) >= 11 is 1.26. The predicted octanol–water partition coefficient (Wildman–Crippen LogP) is 2.60. The number of aromatic nitrogens is 4. The molecule has 0 radical (unpaired) electrons. The van der Waals surface area contributed by atoms with Crippen LogP contribution in [0.25, 0.3) is 5.78 Å². The zero-order chi connectivity index (χ0) is 19.7. The first-order valence-electron chi connectivity index (χ1n) is 9.04. The SMILES string of the molecule is Cc1cc(C)n2nc(SCC(=O)Nc3ccc(N4CCCC4=O)cc3)nc2n1. The molecule has 0 atom stereocenters. The number of aryl methyl sites for hydroxylation is 2. The van der Waals surface area contributed by atoms with Gasteiger partial charge in [-0.3, -0.25) is 9.59 Å². The van der Waals surface area contributed by atoms with E-state index < -0.39 is 0 Å². The van der Waals surface area contributed by atoms with Crippen molar-refractivity contribution in [2.24, 2.45) is 0 Å². The first-order chi connectivity index (χ1) is 13.5. The number of thioether (sulfide) groups is 1. The first-order valence-corrected chi connectivity index (χ1v) is 10.0. The van der Waals surface area contributed by atoms with Crippen LogP contribution in [-0.2, 0) is 9.59 Å². The van der Waals surface area contributed by atoms with Gasteiger partial charge in [-0.1, -0.05) is 11.8 Å². The minimum Gasteiger partial charge on any atom is -0.325 e. The molecule has 3 heterocycles. The average molecular weight is 396 g/mol. The summed E-state index contributed by atoms with van der Waals surface area (Å²) in [5.74, 6) is 0.733. The highest BCUT2D eigenvalue weighted by Gasteiger charge is 2.21. The smallest absolute Gasteiger partial charge is 0.253 e. The molecule has 1 fully saturated rings. The maximum Gasteiger partial charge on any atom is 0.253 e. The lowest BCUT2D eigenvalue weighted by Gasteiger charge is -2.16. The number of amides is 2. The van der Waals surface area contributed by atoms with Gasteiger partial charge in [0.2, 0.25) is 17.0 Å². The van der Waals surface area contributed by atoms with E-state index in [-0.39, 0.29) is 17.6 Å². The predicted molar refractivity (Wildman–Crippen MR) is 108 cm³/mol. The molecule has 144 valence electrons. The van der Waals surface area contributed by atoms with Crippen LogP contribution in [0.1, 0.15) is 24.2 Å². The van der Waals surface area contributed by atoms with Crippen LogP contribution in [0.2, 0.25) is 0 Å².